The Balaban J connectivity index is 2.19. The molecule has 2 aromatic rings. The van der Waals surface area contributed by atoms with Gasteiger partial charge in [0.1, 0.15) is 5.69 Å². The number of aryl methyl sites for hydroxylation is 1. The first kappa shape index (κ1) is 12.3. The summed E-state index contributed by atoms with van der Waals surface area (Å²) in [6.45, 7) is 0. The zero-order valence-electron chi connectivity index (χ0n) is 10.6. The molecule has 0 saturated carbocycles. The normalized spacial score (nSPS) is 16.9. The number of nitrogens with zero attached hydrogens (tertiary/aromatic N) is 3. The second kappa shape index (κ2) is 4.44. The molecule has 1 atom stereocenters. The number of hydrogen-bond acceptors (Lipinski definition) is 6. The standard InChI is InChI=1S/C13H13N5O2/c14-12-11(18(19)20)10(16-13(15)17-12)9-6-5-7-3-1-2-4-8(7)9/h1-4,9H,5-6H2,(H4,14,15,16,17)/t9-/m0/s1. The first-order valence-corrected chi connectivity index (χ1v) is 6.23. The van der Waals surface area contributed by atoms with E-state index < -0.39 is 4.92 Å². The number of nitro groups is 1. The Hall–Kier alpha value is -2.70. The molecule has 1 heterocycles. The van der Waals surface area contributed by atoms with Gasteiger partial charge >= 0.3 is 5.69 Å². The average molecular weight is 271 g/mol. The van der Waals surface area contributed by atoms with E-state index in [4.69, 9.17) is 11.5 Å². The summed E-state index contributed by atoms with van der Waals surface area (Å²) in [6.07, 6.45) is 1.62. The minimum absolute atomic E-state index is 0.0347. The second-order valence-corrected chi connectivity index (χ2v) is 4.75. The van der Waals surface area contributed by atoms with Crippen LogP contribution in [0.2, 0.25) is 0 Å². The predicted molar refractivity (Wildman–Crippen MR) is 74.1 cm³/mol. The summed E-state index contributed by atoms with van der Waals surface area (Å²) in [6, 6.07) is 7.86. The zero-order valence-corrected chi connectivity index (χ0v) is 10.6. The van der Waals surface area contributed by atoms with Crippen LogP contribution >= 0.6 is 0 Å². The maximum Gasteiger partial charge on any atom is 0.333 e. The summed E-state index contributed by atoms with van der Waals surface area (Å²) < 4.78 is 0. The molecule has 0 unspecified atom stereocenters. The molecule has 102 valence electrons. The maximum absolute atomic E-state index is 11.2. The number of fused-ring (bicyclic) bond motifs is 1. The van der Waals surface area contributed by atoms with Gasteiger partial charge in [0, 0.05) is 5.92 Å². The van der Waals surface area contributed by atoms with E-state index in [2.05, 4.69) is 9.97 Å². The minimum atomic E-state index is -0.537. The molecule has 4 N–H and O–H groups in total. The van der Waals surface area contributed by atoms with E-state index in [1.165, 1.54) is 5.56 Å². The Labute approximate surface area is 114 Å². The van der Waals surface area contributed by atoms with E-state index in [1.54, 1.807) is 0 Å². The lowest BCUT2D eigenvalue weighted by atomic mass is 9.96. The number of aromatic nitrogens is 2. The van der Waals surface area contributed by atoms with E-state index >= 15 is 0 Å². The van der Waals surface area contributed by atoms with Gasteiger partial charge in [0.2, 0.25) is 11.8 Å². The largest absolute Gasteiger partial charge is 0.378 e. The Kier molecular flexibility index (Phi) is 2.74. The molecule has 1 aromatic heterocycles. The van der Waals surface area contributed by atoms with E-state index in [1.807, 2.05) is 24.3 Å². The molecule has 0 fully saturated rings. The van der Waals surface area contributed by atoms with Crippen molar-refractivity contribution in [1.82, 2.24) is 9.97 Å². The number of anilines is 2. The number of rotatable bonds is 2. The van der Waals surface area contributed by atoms with Crippen molar-refractivity contribution >= 4 is 17.5 Å². The molecule has 7 nitrogen and oxygen atoms in total. The first-order chi connectivity index (χ1) is 9.58. The van der Waals surface area contributed by atoms with Gasteiger partial charge in [-0.05, 0) is 24.0 Å². The second-order valence-electron chi connectivity index (χ2n) is 4.75. The van der Waals surface area contributed by atoms with Gasteiger partial charge in [0.05, 0.1) is 4.92 Å². The van der Waals surface area contributed by atoms with Crippen molar-refractivity contribution in [2.75, 3.05) is 11.5 Å². The molecular formula is C13H13N5O2. The molecule has 0 spiro atoms. The molecule has 0 bridgehead atoms. The predicted octanol–water partition coefficient (Wildman–Crippen LogP) is 1.63. The zero-order chi connectivity index (χ0) is 14.3. The molecule has 7 heteroatoms. The molecule has 1 aromatic carbocycles. The summed E-state index contributed by atoms with van der Waals surface area (Å²) in [5.74, 6) is -0.367. The molecule has 20 heavy (non-hydrogen) atoms. The molecule has 0 radical (unpaired) electrons. The summed E-state index contributed by atoms with van der Waals surface area (Å²) in [4.78, 5) is 18.5. The van der Waals surface area contributed by atoms with Crippen LogP contribution in [0, 0.1) is 10.1 Å². The lowest BCUT2D eigenvalue weighted by Crippen LogP contribution is -2.11. The molecule has 3 rings (SSSR count). The lowest BCUT2D eigenvalue weighted by Gasteiger charge is -2.12. The van der Waals surface area contributed by atoms with Crippen LogP contribution in [-0.4, -0.2) is 14.9 Å². The van der Waals surface area contributed by atoms with E-state index in [0.29, 0.717) is 5.69 Å². The summed E-state index contributed by atoms with van der Waals surface area (Å²) in [7, 11) is 0. The molecule has 1 aliphatic rings. The monoisotopic (exact) mass is 271 g/mol. The van der Waals surface area contributed by atoms with Gasteiger partial charge < -0.3 is 11.5 Å². The Morgan fingerprint density at radius 3 is 2.75 bits per heavy atom. The molecule has 0 aliphatic heterocycles. The number of benzene rings is 1. The summed E-state index contributed by atoms with van der Waals surface area (Å²) in [5, 5.41) is 11.2. The van der Waals surface area contributed by atoms with Gasteiger partial charge in [-0.15, -0.1) is 0 Å². The first-order valence-electron chi connectivity index (χ1n) is 6.23. The third-order valence-corrected chi connectivity index (χ3v) is 3.60. The van der Waals surface area contributed by atoms with Crippen LogP contribution in [0.5, 0.6) is 0 Å². The third kappa shape index (κ3) is 1.83. The van der Waals surface area contributed by atoms with Crippen LogP contribution in [0.25, 0.3) is 0 Å². The van der Waals surface area contributed by atoms with Gasteiger partial charge in [0.15, 0.2) is 0 Å². The van der Waals surface area contributed by atoms with E-state index in [9.17, 15) is 10.1 Å². The number of nitrogen functional groups attached to an aromatic ring is 2. The van der Waals surface area contributed by atoms with Crippen molar-refractivity contribution in [1.29, 1.82) is 0 Å². The quantitative estimate of drug-likeness (QED) is 0.632. The molecule has 0 amide bonds. The number of hydrogen-bond donors (Lipinski definition) is 2. The summed E-state index contributed by atoms with van der Waals surface area (Å²) in [5.41, 5.74) is 13.5. The minimum Gasteiger partial charge on any atom is -0.378 e. The van der Waals surface area contributed by atoms with Gasteiger partial charge in [-0.25, -0.2) is 4.98 Å². The van der Waals surface area contributed by atoms with Gasteiger partial charge in [-0.2, -0.15) is 4.98 Å². The fraction of sp³-hybridized carbons (Fsp3) is 0.231. The van der Waals surface area contributed by atoms with Crippen molar-refractivity contribution < 1.29 is 4.92 Å². The smallest absolute Gasteiger partial charge is 0.333 e. The van der Waals surface area contributed by atoms with Crippen LogP contribution in [0.3, 0.4) is 0 Å². The summed E-state index contributed by atoms with van der Waals surface area (Å²) >= 11 is 0. The van der Waals surface area contributed by atoms with Crippen LogP contribution < -0.4 is 11.5 Å². The topological polar surface area (TPSA) is 121 Å². The Morgan fingerprint density at radius 1 is 1.25 bits per heavy atom. The van der Waals surface area contributed by atoms with Crippen LogP contribution in [0.15, 0.2) is 24.3 Å². The maximum atomic E-state index is 11.2. The van der Waals surface area contributed by atoms with E-state index in [0.717, 1.165) is 18.4 Å². The van der Waals surface area contributed by atoms with Crippen molar-refractivity contribution in [2.45, 2.75) is 18.8 Å². The van der Waals surface area contributed by atoms with Gasteiger partial charge in [-0.3, -0.25) is 10.1 Å². The van der Waals surface area contributed by atoms with Gasteiger partial charge in [-0.1, -0.05) is 24.3 Å². The van der Waals surface area contributed by atoms with E-state index in [-0.39, 0.29) is 23.4 Å². The van der Waals surface area contributed by atoms with Crippen molar-refractivity contribution in [3.05, 3.63) is 51.2 Å². The molecular weight excluding hydrogens is 258 g/mol. The lowest BCUT2D eigenvalue weighted by molar-refractivity contribution is -0.385. The SMILES string of the molecule is Nc1nc(N)c([N+](=O)[O-])c([C@H]2CCc3ccccc32)n1. The Morgan fingerprint density at radius 2 is 2.00 bits per heavy atom. The fourth-order valence-corrected chi connectivity index (χ4v) is 2.78. The third-order valence-electron chi connectivity index (χ3n) is 3.60. The molecule has 1 aliphatic carbocycles. The molecule has 0 saturated heterocycles. The van der Waals surface area contributed by atoms with Crippen molar-refractivity contribution in [3.8, 4) is 0 Å². The average Bonchev–Trinajstić information content (AvgIpc) is 2.80. The van der Waals surface area contributed by atoms with Crippen LogP contribution in [-0.2, 0) is 6.42 Å². The highest BCUT2D eigenvalue weighted by molar-refractivity contribution is 5.60. The van der Waals surface area contributed by atoms with Crippen molar-refractivity contribution in [2.24, 2.45) is 0 Å². The fourth-order valence-electron chi connectivity index (χ4n) is 2.78. The highest BCUT2D eigenvalue weighted by Crippen LogP contribution is 2.41. The number of nitrogens with two attached hydrogens (primary N) is 2. The van der Waals surface area contributed by atoms with Crippen LogP contribution in [0.4, 0.5) is 17.5 Å². The van der Waals surface area contributed by atoms with Gasteiger partial charge in [0.25, 0.3) is 0 Å². The Bertz CT molecular complexity index is 701. The highest BCUT2D eigenvalue weighted by Gasteiger charge is 2.33. The highest BCUT2D eigenvalue weighted by atomic mass is 16.6. The van der Waals surface area contributed by atoms with Crippen molar-refractivity contribution in [3.63, 3.8) is 0 Å². The van der Waals surface area contributed by atoms with Crippen LogP contribution in [0.1, 0.15) is 29.2 Å².